The van der Waals surface area contributed by atoms with Crippen molar-refractivity contribution in [1.82, 2.24) is 15.1 Å². The minimum Gasteiger partial charge on any atom is -0.481 e. The zero-order chi connectivity index (χ0) is 24.9. The molecule has 9 nitrogen and oxygen atoms in total. The summed E-state index contributed by atoms with van der Waals surface area (Å²) < 4.78 is 6.90. The number of nitrogens with zero attached hydrogens (tertiary/aromatic N) is 2. The van der Waals surface area contributed by atoms with Crippen LogP contribution in [-0.4, -0.2) is 46.0 Å². The van der Waals surface area contributed by atoms with Crippen molar-refractivity contribution in [3.63, 3.8) is 0 Å². The summed E-state index contributed by atoms with van der Waals surface area (Å²) >= 11 is 0. The van der Waals surface area contributed by atoms with E-state index in [9.17, 15) is 14.4 Å². The highest BCUT2D eigenvalue weighted by atomic mass is 16.5. The number of hydrogen-bond donors (Lipinski definition) is 3. The summed E-state index contributed by atoms with van der Waals surface area (Å²) in [4.78, 5) is 35.7. The molecule has 1 aliphatic rings. The Balaban J connectivity index is 1.33. The van der Waals surface area contributed by atoms with Crippen molar-refractivity contribution < 1.29 is 24.2 Å². The monoisotopic (exact) mass is 476 g/mol. The molecule has 9 heteroatoms. The number of carbonyl (C=O) groups is 3. The number of aryl methyl sites for hydroxylation is 1. The SMILES string of the molecule is CC(CCC(=O)O)CNC(=O)c1cc(NC(=O)OCC2c3ccccc3-c3ccccc32)nn1C. The van der Waals surface area contributed by atoms with Crippen molar-refractivity contribution >= 4 is 23.8 Å². The predicted octanol–water partition coefficient (Wildman–Crippen LogP) is 4.01. The second kappa shape index (κ2) is 10.4. The number of rotatable bonds is 9. The Morgan fingerprint density at radius 3 is 2.34 bits per heavy atom. The summed E-state index contributed by atoms with van der Waals surface area (Å²) in [6.07, 6.45) is -0.133. The van der Waals surface area contributed by atoms with Crippen LogP contribution in [0.15, 0.2) is 54.6 Å². The number of hydrogen-bond acceptors (Lipinski definition) is 5. The molecule has 3 aromatic rings. The van der Waals surface area contributed by atoms with Crippen LogP contribution < -0.4 is 10.6 Å². The van der Waals surface area contributed by atoms with Crippen molar-refractivity contribution in [1.29, 1.82) is 0 Å². The minimum atomic E-state index is -0.862. The van der Waals surface area contributed by atoms with Crippen LogP contribution in [0.4, 0.5) is 10.6 Å². The first-order chi connectivity index (χ1) is 16.8. The number of aliphatic carboxylic acids is 1. The van der Waals surface area contributed by atoms with E-state index in [2.05, 4.69) is 27.9 Å². The van der Waals surface area contributed by atoms with Crippen LogP contribution in [0.3, 0.4) is 0 Å². The molecular weight excluding hydrogens is 448 g/mol. The number of aromatic nitrogens is 2. The highest BCUT2D eigenvalue weighted by molar-refractivity contribution is 5.94. The van der Waals surface area contributed by atoms with Gasteiger partial charge in [-0.15, -0.1) is 0 Å². The molecule has 0 saturated carbocycles. The topological polar surface area (TPSA) is 123 Å². The standard InChI is InChI=1S/C26H28N4O5/c1-16(11-12-24(31)32)14-27-25(33)22-13-23(29-30(22)2)28-26(34)35-15-21-19-9-5-3-7-17(19)18-8-4-6-10-20(18)21/h3-10,13,16,21H,11-12,14-15H2,1-2H3,(H,27,33)(H,31,32)(H,28,29,34). The van der Waals surface area contributed by atoms with Gasteiger partial charge in [-0.1, -0.05) is 55.5 Å². The molecule has 1 atom stereocenters. The molecule has 3 N–H and O–H groups in total. The second-order valence-electron chi connectivity index (χ2n) is 8.74. The Morgan fingerprint density at radius 2 is 1.71 bits per heavy atom. The fourth-order valence-electron chi connectivity index (χ4n) is 4.31. The lowest BCUT2D eigenvalue weighted by Crippen LogP contribution is -2.30. The summed E-state index contributed by atoms with van der Waals surface area (Å²) in [5.41, 5.74) is 4.81. The molecule has 4 rings (SSSR count). The van der Waals surface area contributed by atoms with Crippen molar-refractivity contribution in [2.45, 2.75) is 25.7 Å². The normalized spacial score (nSPS) is 13.0. The van der Waals surface area contributed by atoms with E-state index in [4.69, 9.17) is 9.84 Å². The third kappa shape index (κ3) is 5.51. The van der Waals surface area contributed by atoms with Crippen molar-refractivity contribution in [3.8, 4) is 11.1 Å². The van der Waals surface area contributed by atoms with Crippen LogP contribution >= 0.6 is 0 Å². The van der Waals surface area contributed by atoms with Gasteiger partial charge in [0.1, 0.15) is 12.3 Å². The number of ether oxygens (including phenoxy) is 1. The number of fused-ring (bicyclic) bond motifs is 3. The largest absolute Gasteiger partial charge is 0.481 e. The van der Waals surface area contributed by atoms with Gasteiger partial charge >= 0.3 is 12.1 Å². The third-order valence-electron chi connectivity index (χ3n) is 6.15. The number of carboxylic acids is 1. The number of amides is 2. The minimum absolute atomic E-state index is 0.0155. The number of carboxylic acid groups (broad SMARTS) is 1. The van der Waals surface area contributed by atoms with E-state index in [1.165, 1.54) is 10.7 Å². The van der Waals surface area contributed by atoms with Gasteiger partial charge in [0, 0.05) is 32.0 Å². The number of anilines is 1. The van der Waals surface area contributed by atoms with Gasteiger partial charge in [-0.2, -0.15) is 5.10 Å². The van der Waals surface area contributed by atoms with Crippen LogP contribution in [0.25, 0.3) is 11.1 Å². The Kier molecular flexibility index (Phi) is 7.14. The highest BCUT2D eigenvalue weighted by Gasteiger charge is 2.29. The third-order valence-corrected chi connectivity index (χ3v) is 6.15. The van der Waals surface area contributed by atoms with Gasteiger partial charge < -0.3 is 15.2 Å². The summed E-state index contributed by atoms with van der Waals surface area (Å²) in [7, 11) is 1.60. The van der Waals surface area contributed by atoms with E-state index in [0.717, 1.165) is 22.3 Å². The van der Waals surface area contributed by atoms with E-state index < -0.39 is 12.1 Å². The molecule has 0 spiro atoms. The average Bonchev–Trinajstić information content (AvgIpc) is 3.37. The van der Waals surface area contributed by atoms with Gasteiger partial charge in [0.05, 0.1) is 0 Å². The maximum absolute atomic E-state index is 12.5. The average molecular weight is 477 g/mol. The molecule has 2 aromatic carbocycles. The molecule has 2 amide bonds. The van der Waals surface area contributed by atoms with E-state index in [1.807, 2.05) is 43.3 Å². The molecule has 0 fully saturated rings. The predicted molar refractivity (Wildman–Crippen MR) is 130 cm³/mol. The summed E-state index contributed by atoms with van der Waals surface area (Å²) in [6.45, 7) is 2.39. The molecule has 1 aliphatic carbocycles. The van der Waals surface area contributed by atoms with Gasteiger partial charge in [-0.05, 0) is 34.6 Å². The van der Waals surface area contributed by atoms with Gasteiger partial charge in [0.25, 0.3) is 5.91 Å². The first-order valence-electron chi connectivity index (χ1n) is 11.5. The van der Waals surface area contributed by atoms with Crippen molar-refractivity contribution in [3.05, 3.63) is 71.4 Å². The van der Waals surface area contributed by atoms with Crippen LogP contribution in [0.5, 0.6) is 0 Å². The van der Waals surface area contributed by atoms with Crippen LogP contribution in [0.1, 0.15) is 47.3 Å². The molecule has 182 valence electrons. The lowest BCUT2D eigenvalue weighted by Gasteiger charge is -2.14. The quantitative estimate of drug-likeness (QED) is 0.429. The molecule has 0 radical (unpaired) electrons. The summed E-state index contributed by atoms with van der Waals surface area (Å²) in [5.74, 6) is -1.06. The molecule has 1 aromatic heterocycles. The second-order valence-corrected chi connectivity index (χ2v) is 8.74. The lowest BCUT2D eigenvalue weighted by atomic mass is 9.98. The van der Waals surface area contributed by atoms with Crippen LogP contribution in [0.2, 0.25) is 0 Å². The van der Waals surface area contributed by atoms with E-state index in [0.29, 0.717) is 13.0 Å². The maximum Gasteiger partial charge on any atom is 0.412 e. The number of nitrogens with one attached hydrogen (secondary N) is 2. The zero-order valence-electron chi connectivity index (χ0n) is 19.7. The lowest BCUT2D eigenvalue weighted by molar-refractivity contribution is -0.137. The van der Waals surface area contributed by atoms with Gasteiger partial charge in [-0.3, -0.25) is 19.6 Å². The zero-order valence-corrected chi connectivity index (χ0v) is 19.7. The molecule has 0 saturated heterocycles. The maximum atomic E-state index is 12.5. The van der Waals surface area contributed by atoms with Crippen LogP contribution in [0, 0.1) is 5.92 Å². The Bertz CT molecular complexity index is 1210. The van der Waals surface area contributed by atoms with E-state index in [-0.39, 0.29) is 42.3 Å². The van der Waals surface area contributed by atoms with E-state index >= 15 is 0 Å². The molecule has 1 heterocycles. The first kappa shape index (κ1) is 24.0. The van der Waals surface area contributed by atoms with Crippen LogP contribution in [-0.2, 0) is 16.6 Å². The van der Waals surface area contributed by atoms with Crippen molar-refractivity contribution in [2.24, 2.45) is 13.0 Å². The van der Waals surface area contributed by atoms with Gasteiger partial charge in [0.15, 0.2) is 5.82 Å². The fraction of sp³-hybridized carbons (Fsp3) is 0.308. The van der Waals surface area contributed by atoms with Gasteiger partial charge in [0.2, 0.25) is 0 Å². The smallest absolute Gasteiger partial charge is 0.412 e. The van der Waals surface area contributed by atoms with Crippen molar-refractivity contribution in [2.75, 3.05) is 18.5 Å². The molecular formula is C26H28N4O5. The molecule has 0 aliphatic heterocycles. The Labute approximate surface area is 203 Å². The van der Waals surface area contributed by atoms with E-state index in [1.54, 1.807) is 7.05 Å². The fourth-order valence-corrected chi connectivity index (χ4v) is 4.31. The molecule has 35 heavy (non-hydrogen) atoms. The Hall–Kier alpha value is -4.14. The Morgan fingerprint density at radius 1 is 1.09 bits per heavy atom. The summed E-state index contributed by atoms with van der Waals surface area (Å²) in [6, 6.07) is 17.7. The highest BCUT2D eigenvalue weighted by Crippen LogP contribution is 2.44. The first-order valence-corrected chi connectivity index (χ1v) is 11.5. The number of carbonyl (C=O) groups excluding carboxylic acids is 2. The van der Waals surface area contributed by atoms with Gasteiger partial charge in [-0.25, -0.2) is 4.79 Å². The number of benzene rings is 2. The molecule has 0 bridgehead atoms. The summed E-state index contributed by atoms with van der Waals surface area (Å²) in [5, 5.41) is 18.3. The molecule has 1 unspecified atom stereocenters.